The number of para-hydroxylation sites is 2. The molecule has 0 bridgehead atoms. The summed E-state index contributed by atoms with van der Waals surface area (Å²) in [6.45, 7) is 0.540. The van der Waals surface area contributed by atoms with Gasteiger partial charge in [-0.25, -0.2) is 0 Å². The summed E-state index contributed by atoms with van der Waals surface area (Å²) < 4.78 is 8.17. The molecule has 6 heteroatoms. The standard InChI is InChI=1S/C23H18N4O2/c24-23(25)26-22(28)15-9-10-18-17-6-2-3-7-19(17)27(20(18)12-15)13-16-11-14-5-1-4-8-21(14)29-16/h1-12H,13H2,(H4,24,25,26,28). The van der Waals surface area contributed by atoms with E-state index in [0.29, 0.717) is 12.1 Å². The molecule has 5 rings (SSSR count). The van der Waals surface area contributed by atoms with Gasteiger partial charge in [-0.2, -0.15) is 4.99 Å². The maximum atomic E-state index is 12.3. The van der Waals surface area contributed by atoms with Gasteiger partial charge in [-0.3, -0.25) is 4.79 Å². The first kappa shape index (κ1) is 17.1. The van der Waals surface area contributed by atoms with Crippen molar-refractivity contribution < 1.29 is 9.21 Å². The molecular formula is C23H18N4O2. The third kappa shape index (κ3) is 2.91. The van der Waals surface area contributed by atoms with Crippen molar-refractivity contribution in [3.8, 4) is 0 Å². The van der Waals surface area contributed by atoms with Crippen LogP contribution in [-0.4, -0.2) is 16.4 Å². The molecule has 6 nitrogen and oxygen atoms in total. The molecule has 142 valence electrons. The van der Waals surface area contributed by atoms with E-state index in [1.807, 2.05) is 54.6 Å². The third-order valence-corrected chi connectivity index (χ3v) is 5.04. The van der Waals surface area contributed by atoms with Gasteiger partial charge in [-0.15, -0.1) is 0 Å². The van der Waals surface area contributed by atoms with Gasteiger partial charge in [-0.1, -0.05) is 42.5 Å². The molecule has 3 aromatic carbocycles. The van der Waals surface area contributed by atoms with E-state index in [1.165, 1.54) is 0 Å². The molecule has 0 saturated carbocycles. The van der Waals surface area contributed by atoms with Crippen molar-refractivity contribution in [2.24, 2.45) is 16.5 Å². The van der Waals surface area contributed by atoms with Crippen molar-refractivity contribution in [1.29, 1.82) is 0 Å². The molecule has 0 saturated heterocycles. The molecule has 0 radical (unpaired) electrons. The van der Waals surface area contributed by atoms with E-state index in [9.17, 15) is 4.79 Å². The zero-order valence-corrected chi connectivity index (χ0v) is 15.5. The van der Waals surface area contributed by atoms with Crippen LogP contribution in [0.25, 0.3) is 32.8 Å². The number of nitrogens with zero attached hydrogens (tertiary/aromatic N) is 2. The summed E-state index contributed by atoms with van der Waals surface area (Å²) in [4.78, 5) is 16.0. The number of guanidine groups is 1. The van der Waals surface area contributed by atoms with Crippen LogP contribution in [0.4, 0.5) is 0 Å². The van der Waals surface area contributed by atoms with Gasteiger partial charge in [-0.05, 0) is 30.3 Å². The van der Waals surface area contributed by atoms with Gasteiger partial charge in [0.05, 0.1) is 12.1 Å². The fourth-order valence-electron chi connectivity index (χ4n) is 3.81. The summed E-state index contributed by atoms with van der Waals surface area (Å²) in [5.74, 6) is 0.125. The summed E-state index contributed by atoms with van der Waals surface area (Å²) in [5, 5.41) is 3.23. The predicted octanol–water partition coefficient (Wildman–Crippen LogP) is 4.00. The van der Waals surface area contributed by atoms with E-state index in [2.05, 4.69) is 21.7 Å². The number of fused-ring (bicyclic) bond motifs is 4. The number of amides is 1. The Hall–Kier alpha value is -4.06. The second-order valence-corrected chi connectivity index (χ2v) is 6.93. The quantitative estimate of drug-likeness (QED) is 0.364. The minimum absolute atomic E-state index is 0.252. The highest BCUT2D eigenvalue weighted by Crippen LogP contribution is 2.31. The largest absolute Gasteiger partial charge is 0.459 e. The van der Waals surface area contributed by atoms with Crippen LogP contribution in [0, 0.1) is 0 Å². The Balaban J connectivity index is 1.70. The SMILES string of the molecule is NC(N)=NC(=O)c1ccc2c3ccccc3n(Cc3cc4ccccc4o3)c2c1. The van der Waals surface area contributed by atoms with Crippen molar-refractivity contribution in [1.82, 2.24) is 4.57 Å². The fraction of sp³-hybridized carbons (Fsp3) is 0.0435. The van der Waals surface area contributed by atoms with Gasteiger partial charge in [0.25, 0.3) is 5.91 Å². The number of carbonyl (C=O) groups excluding carboxylic acids is 1. The van der Waals surface area contributed by atoms with E-state index in [0.717, 1.165) is 38.5 Å². The summed E-state index contributed by atoms with van der Waals surface area (Å²) in [5.41, 5.74) is 14.0. The van der Waals surface area contributed by atoms with Crippen LogP contribution in [-0.2, 0) is 6.54 Å². The Morgan fingerprint density at radius 2 is 1.66 bits per heavy atom. The molecule has 0 fully saturated rings. The Morgan fingerprint density at radius 3 is 2.48 bits per heavy atom. The number of hydrogen-bond donors (Lipinski definition) is 2. The van der Waals surface area contributed by atoms with Crippen molar-refractivity contribution >= 4 is 44.6 Å². The van der Waals surface area contributed by atoms with Gasteiger partial charge in [0.1, 0.15) is 11.3 Å². The molecule has 29 heavy (non-hydrogen) atoms. The van der Waals surface area contributed by atoms with E-state index in [-0.39, 0.29) is 5.96 Å². The number of carbonyl (C=O) groups is 1. The van der Waals surface area contributed by atoms with Gasteiger partial charge < -0.3 is 20.5 Å². The molecule has 0 spiro atoms. The van der Waals surface area contributed by atoms with E-state index < -0.39 is 5.91 Å². The predicted molar refractivity (Wildman–Crippen MR) is 115 cm³/mol. The monoisotopic (exact) mass is 382 g/mol. The highest BCUT2D eigenvalue weighted by atomic mass is 16.3. The van der Waals surface area contributed by atoms with Crippen molar-refractivity contribution in [2.45, 2.75) is 6.54 Å². The summed E-state index contributed by atoms with van der Waals surface area (Å²) in [7, 11) is 0. The van der Waals surface area contributed by atoms with Crippen LogP contribution >= 0.6 is 0 Å². The number of furan rings is 1. The Labute approximate surface area is 166 Å². The molecule has 0 aliphatic heterocycles. The molecule has 0 aliphatic carbocycles. The number of nitrogens with two attached hydrogens (primary N) is 2. The molecule has 0 aliphatic rings. The average Bonchev–Trinajstić information content (AvgIpc) is 3.26. The molecule has 2 heterocycles. The van der Waals surface area contributed by atoms with Crippen LogP contribution in [0.1, 0.15) is 16.1 Å². The normalized spacial score (nSPS) is 11.3. The highest BCUT2D eigenvalue weighted by molar-refractivity contribution is 6.11. The lowest BCUT2D eigenvalue weighted by Gasteiger charge is -2.06. The van der Waals surface area contributed by atoms with Crippen molar-refractivity contribution in [2.75, 3.05) is 0 Å². The minimum atomic E-state index is -0.465. The molecular weight excluding hydrogens is 364 g/mol. The van der Waals surface area contributed by atoms with Crippen LogP contribution in [0.15, 0.2) is 82.2 Å². The fourth-order valence-corrected chi connectivity index (χ4v) is 3.81. The average molecular weight is 382 g/mol. The van der Waals surface area contributed by atoms with E-state index >= 15 is 0 Å². The third-order valence-electron chi connectivity index (χ3n) is 5.04. The number of aromatic nitrogens is 1. The van der Waals surface area contributed by atoms with E-state index in [1.54, 1.807) is 6.07 Å². The van der Waals surface area contributed by atoms with Crippen LogP contribution in [0.3, 0.4) is 0 Å². The molecule has 5 aromatic rings. The maximum absolute atomic E-state index is 12.3. The lowest BCUT2D eigenvalue weighted by Crippen LogP contribution is -2.24. The number of aliphatic imine (C=N–C) groups is 1. The van der Waals surface area contributed by atoms with Gasteiger partial charge >= 0.3 is 0 Å². The minimum Gasteiger partial charge on any atom is -0.459 e. The zero-order valence-electron chi connectivity index (χ0n) is 15.5. The second-order valence-electron chi connectivity index (χ2n) is 6.93. The zero-order chi connectivity index (χ0) is 20.0. The Bertz CT molecular complexity index is 1390. The first-order valence-electron chi connectivity index (χ1n) is 9.22. The first-order valence-corrected chi connectivity index (χ1v) is 9.22. The maximum Gasteiger partial charge on any atom is 0.280 e. The van der Waals surface area contributed by atoms with Crippen LogP contribution in [0.2, 0.25) is 0 Å². The van der Waals surface area contributed by atoms with Gasteiger partial charge in [0.2, 0.25) is 0 Å². The second kappa shape index (κ2) is 6.53. The van der Waals surface area contributed by atoms with E-state index in [4.69, 9.17) is 15.9 Å². The number of benzene rings is 3. The number of rotatable bonds is 3. The van der Waals surface area contributed by atoms with Crippen molar-refractivity contribution in [3.05, 3.63) is 84.1 Å². The summed E-state index contributed by atoms with van der Waals surface area (Å²) in [6.07, 6.45) is 0. The lowest BCUT2D eigenvalue weighted by atomic mass is 10.1. The summed E-state index contributed by atoms with van der Waals surface area (Å²) >= 11 is 0. The highest BCUT2D eigenvalue weighted by Gasteiger charge is 2.15. The Morgan fingerprint density at radius 1 is 0.897 bits per heavy atom. The smallest absolute Gasteiger partial charge is 0.280 e. The van der Waals surface area contributed by atoms with Gasteiger partial charge in [0.15, 0.2) is 5.96 Å². The van der Waals surface area contributed by atoms with Crippen LogP contribution < -0.4 is 11.5 Å². The van der Waals surface area contributed by atoms with Gasteiger partial charge in [0, 0.05) is 27.2 Å². The molecule has 1 amide bonds. The van der Waals surface area contributed by atoms with Crippen LogP contribution in [0.5, 0.6) is 0 Å². The topological polar surface area (TPSA) is 99.5 Å². The van der Waals surface area contributed by atoms with Crippen molar-refractivity contribution in [3.63, 3.8) is 0 Å². The lowest BCUT2D eigenvalue weighted by molar-refractivity contribution is 0.100. The molecule has 0 atom stereocenters. The number of hydrogen-bond acceptors (Lipinski definition) is 2. The Kier molecular flexibility index (Phi) is 3.84. The first-order chi connectivity index (χ1) is 14.1. The molecule has 4 N–H and O–H groups in total. The summed E-state index contributed by atoms with van der Waals surface area (Å²) in [6, 6.07) is 23.6. The molecule has 0 unspecified atom stereocenters. The molecule has 2 aromatic heterocycles.